The topological polar surface area (TPSA) is 128 Å². The Labute approximate surface area is 220 Å². The van der Waals surface area contributed by atoms with Crippen molar-refractivity contribution in [3.63, 3.8) is 0 Å². The van der Waals surface area contributed by atoms with E-state index >= 15 is 0 Å². The highest BCUT2D eigenvalue weighted by Crippen LogP contribution is 2.34. The first-order valence-corrected chi connectivity index (χ1v) is 12.4. The first-order chi connectivity index (χ1) is 18.3. The molecule has 38 heavy (non-hydrogen) atoms. The molecule has 9 heteroatoms. The Morgan fingerprint density at radius 1 is 0.895 bits per heavy atom. The molecule has 3 aromatic carbocycles. The minimum atomic E-state index is -1.30. The molecule has 0 aromatic heterocycles. The molecular formula is C29H30N4O5. The summed E-state index contributed by atoms with van der Waals surface area (Å²) in [6.45, 7) is 3.67. The summed E-state index contributed by atoms with van der Waals surface area (Å²) in [5.74, 6) is -2.43. The van der Waals surface area contributed by atoms with Crippen molar-refractivity contribution >= 4 is 35.2 Å². The third kappa shape index (κ3) is 5.83. The highest BCUT2D eigenvalue weighted by molar-refractivity contribution is 6.12. The van der Waals surface area contributed by atoms with Gasteiger partial charge in [-0.25, -0.2) is 9.59 Å². The quantitative estimate of drug-likeness (QED) is 0.364. The van der Waals surface area contributed by atoms with Crippen LogP contribution in [0.5, 0.6) is 0 Å². The molecule has 0 saturated carbocycles. The normalized spacial score (nSPS) is 16.1. The average molecular weight is 515 g/mol. The standard InChI is InChI=1S/C29H30N4O5/c1-18(2)25-27(35)30-21-15-9-10-16-23(21)33(25)29(38)31-22(17-19-11-5-3-6-12-19)26(34)32-24(28(36)37)20-13-7-4-8-14-20/h3-16,18,22,24-25H,17H2,1-2H3,(H,30,35)(H,31,38)(H,32,34)(H,36,37)/t22-,24-,25-/m0/s1. The van der Waals surface area contributed by atoms with E-state index in [0.29, 0.717) is 16.9 Å². The van der Waals surface area contributed by atoms with Crippen LogP contribution in [0.15, 0.2) is 84.9 Å². The minimum Gasteiger partial charge on any atom is -0.479 e. The van der Waals surface area contributed by atoms with Crippen LogP contribution in [0, 0.1) is 5.92 Å². The number of benzene rings is 3. The molecule has 0 fully saturated rings. The highest BCUT2D eigenvalue weighted by Gasteiger charge is 2.40. The van der Waals surface area contributed by atoms with E-state index in [1.165, 1.54) is 4.90 Å². The van der Waals surface area contributed by atoms with Gasteiger partial charge in [0.1, 0.15) is 12.1 Å². The Kier molecular flexibility index (Phi) is 8.06. The maximum atomic E-state index is 13.8. The van der Waals surface area contributed by atoms with Gasteiger partial charge in [-0.15, -0.1) is 0 Å². The molecule has 1 heterocycles. The van der Waals surface area contributed by atoms with Crippen molar-refractivity contribution in [2.24, 2.45) is 5.92 Å². The van der Waals surface area contributed by atoms with Gasteiger partial charge in [0, 0.05) is 6.42 Å². The van der Waals surface area contributed by atoms with Crippen LogP contribution in [0.1, 0.15) is 31.0 Å². The Bertz CT molecular complexity index is 1310. The zero-order chi connectivity index (χ0) is 27.2. The maximum Gasteiger partial charge on any atom is 0.330 e. The molecule has 1 aliphatic heterocycles. The number of fused-ring (bicyclic) bond motifs is 1. The number of hydrogen-bond acceptors (Lipinski definition) is 4. The molecule has 3 aromatic rings. The molecule has 4 N–H and O–H groups in total. The minimum absolute atomic E-state index is 0.119. The molecule has 1 aliphatic rings. The van der Waals surface area contributed by atoms with Crippen LogP contribution in [0.4, 0.5) is 16.2 Å². The molecular weight excluding hydrogens is 484 g/mol. The van der Waals surface area contributed by atoms with E-state index in [0.717, 1.165) is 5.56 Å². The Morgan fingerprint density at radius 3 is 2.13 bits per heavy atom. The molecule has 3 atom stereocenters. The smallest absolute Gasteiger partial charge is 0.330 e. The molecule has 0 aliphatic carbocycles. The number of carbonyl (C=O) groups is 4. The molecule has 0 spiro atoms. The van der Waals surface area contributed by atoms with Gasteiger partial charge in [-0.1, -0.05) is 86.6 Å². The van der Waals surface area contributed by atoms with Crippen molar-refractivity contribution in [2.75, 3.05) is 10.2 Å². The molecule has 9 nitrogen and oxygen atoms in total. The molecule has 196 valence electrons. The molecule has 0 unspecified atom stereocenters. The number of aliphatic carboxylic acids is 1. The third-order valence-electron chi connectivity index (χ3n) is 6.38. The lowest BCUT2D eigenvalue weighted by atomic mass is 9.97. The van der Waals surface area contributed by atoms with E-state index in [-0.39, 0.29) is 18.2 Å². The fourth-order valence-corrected chi connectivity index (χ4v) is 4.55. The lowest BCUT2D eigenvalue weighted by molar-refractivity contribution is -0.142. The van der Waals surface area contributed by atoms with E-state index < -0.39 is 36.0 Å². The molecule has 0 bridgehead atoms. The number of carbonyl (C=O) groups excluding carboxylic acids is 3. The summed E-state index contributed by atoms with van der Waals surface area (Å²) in [5, 5.41) is 18.0. The van der Waals surface area contributed by atoms with E-state index in [1.807, 2.05) is 44.2 Å². The van der Waals surface area contributed by atoms with Gasteiger partial charge in [-0.05, 0) is 29.2 Å². The summed E-state index contributed by atoms with van der Waals surface area (Å²) in [5.41, 5.74) is 2.18. The highest BCUT2D eigenvalue weighted by atomic mass is 16.4. The van der Waals surface area contributed by atoms with Gasteiger partial charge in [0.15, 0.2) is 6.04 Å². The molecule has 4 amide bonds. The number of carboxylic acid groups (broad SMARTS) is 1. The van der Waals surface area contributed by atoms with Crippen LogP contribution < -0.4 is 20.9 Å². The van der Waals surface area contributed by atoms with Crippen molar-refractivity contribution in [1.29, 1.82) is 0 Å². The fraction of sp³-hybridized carbons (Fsp3) is 0.241. The van der Waals surface area contributed by atoms with Crippen molar-refractivity contribution in [3.05, 3.63) is 96.1 Å². The van der Waals surface area contributed by atoms with Gasteiger partial charge in [0.25, 0.3) is 0 Å². The molecule has 0 saturated heterocycles. The predicted octanol–water partition coefficient (Wildman–Crippen LogP) is 3.73. The summed E-state index contributed by atoms with van der Waals surface area (Å²) < 4.78 is 0. The van der Waals surface area contributed by atoms with Crippen LogP contribution in [-0.4, -0.2) is 41.0 Å². The number of para-hydroxylation sites is 2. The van der Waals surface area contributed by atoms with Gasteiger partial charge in [-0.2, -0.15) is 0 Å². The number of hydrogen-bond donors (Lipinski definition) is 4. The van der Waals surface area contributed by atoms with E-state index in [2.05, 4.69) is 16.0 Å². The van der Waals surface area contributed by atoms with Crippen LogP contribution in [0.2, 0.25) is 0 Å². The molecule has 4 rings (SSSR count). The Morgan fingerprint density at radius 2 is 1.50 bits per heavy atom. The Hall–Kier alpha value is -4.66. The number of nitrogens with one attached hydrogen (secondary N) is 3. The lowest BCUT2D eigenvalue weighted by Gasteiger charge is -2.39. The van der Waals surface area contributed by atoms with Crippen molar-refractivity contribution in [2.45, 2.75) is 38.4 Å². The SMILES string of the molecule is CC(C)[C@H]1C(=O)Nc2ccccc2N1C(=O)N[C@@H](Cc1ccccc1)C(=O)N[C@H](C(=O)O)c1ccccc1. The first-order valence-electron chi connectivity index (χ1n) is 12.4. The monoisotopic (exact) mass is 514 g/mol. The largest absolute Gasteiger partial charge is 0.479 e. The van der Waals surface area contributed by atoms with Crippen LogP contribution in [-0.2, 0) is 20.8 Å². The zero-order valence-electron chi connectivity index (χ0n) is 21.1. The van der Waals surface area contributed by atoms with Gasteiger partial charge in [0.2, 0.25) is 11.8 Å². The zero-order valence-corrected chi connectivity index (χ0v) is 21.1. The number of anilines is 2. The van der Waals surface area contributed by atoms with Gasteiger partial charge < -0.3 is 21.1 Å². The predicted molar refractivity (Wildman–Crippen MR) is 144 cm³/mol. The second kappa shape index (κ2) is 11.6. The lowest BCUT2D eigenvalue weighted by Crippen LogP contribution is -2.60. The van der Waals surface area contributed by atoms with Crippen LogP contribution >= 0.6 is 0 Å². The molecule has 0 radical (unpaired) electrons. The summed E-state index contributed by atoms with van der Waals surface area (Å²) in [7, 11) is 0. The summed E-state index contributed by atoms with van der Waals surface area (Å²) in [6.07, 6.45) is 0.119. The van der Waals surface area contributed by atoms with Crippen molar-refractivity contribution < 1.29 is 24.3 Å². The van der Waals surface area contributed by atoms with Crippen molar-refractivity contribution in [1.82, 2.24) is 10.6 Å². The second-order valence-corrected chi connectivity index (χ2v) is 9.45. The maximum absolute atomic E-state index is 13.8. The van der Waals surface area contributed by atoms with Crippen LogP contribution in [0.25, 0.3) is 0 Å². The van der Waals surface area contributed by atoms with E-state index in [9.17, 15) is 24.3 Å². The van der Waals surface area contributed by atoms with Crippen molar-refractivity contribution in [3.8, 4) is 0 Å². The number of rotatable bonds is 8. The fourth-order valence-electron chi connectivity index (χ4n) is 4.55. The number of nitrogens with zero attached hydrogens (tertiary/aromatic N) is 1. The summed E-state index contributed by atoms with van der Waals surface area (Å²) >= 11 is 0. The Balaban J connectivity index is 1.65. The number of carboxylic acids is 1. The van der Waals surface area contributed by atoms with Crippen LogP contribution in [0.3, 0.4) is 0 Å². The third-order valence-corrected chi connectivity index (χ3v) is 6.38. The average Bonchev–Trinajstić information content (AvgIpc) is 2.91. The van der Waals surface area contributed by atoms with Gasteiger partial charge in [0.05, 0.1) is 11.4 Å². The number of urea groups is 1. The van der Waals surface area contributed by atoms with E-state index in [1.54, 1.807) is 54.6 Å². The number of amides is 4. The first kappa shape index (κ1) is 26.4. The van der Waals surface area contributed by atoms with E-state index in [4.69, 9.17) is 0 Å². The second-order valence-electron chi connectivity index (χ2n) is 9.45. The van der Waals surface area contributed by atoms with Gasteiger partial charge >= 0.3 is 12.0 Å². The summed E-state index contributed by atoms with van der Waals surface area (Å²) in [6, 6.07) is 20.6. The summed E-state index contributed by atoms with van der Waals surface area (Å²) in [4.78, 5) is 53.6. The van der Waals surface area contributed by atoms with Gasteiger partial charge in [-0.3, -0.25) is 14.5 Å².